The summed E-state index contributed by atoms with van der Waals surface area (Å²) in [5.74, 6) is -0.305. The molecule has 7 heteroatoms. The summed E-state index contributed by atoms with van der Waals surface area (Å²) in [6.45, 7) is 3.04. The largest absolute Gasteiger partial charge is 0.346 e. The van der Waals surface area contributed by atoms with E-state index in [1.165, 1.54) is 0 Å². The molecule has 0 saturated heterocycles. The normalized spacial score (nSPS) is 17.0. The summed E-state index contributed by atoms with van der Waals surface area (Å²) in [6, 6.07) is 15.6. The summed E-state index contributed by atoms with van der Waals surface area (Å²) >= 11 is 0. The van der Waals surface area contributed by atoms with Crippen molar-refractivity contribution in [2.45, 2.75) is 13.3 Å². The van der Waals surface area contributed by atoms with Gasteiger partial charge in [0.15, 0.2) is 0 Å². The number of aromatic nitrogens is 2. The maximum atomic E-state index is 13.0. The Labute approximate surface area is 180 Å². The van der Waals surface area contributed by atoms with Crippen LogP contribution in [0.2, 0.25) is 0 Å². The first-order valence-electron chi connectivity index (χ1n) is 10.2. The van der Waals surface area contributed by atoms with E-state index < -0.39 is 5.92 Å². The quantitative estimate of drug-likeness (QED) is 0.605. The molecule has 0 saturated carbocycles. The van der Waals surface area contributed by atoms with Crippen LogP contribution in [0.4, 0.5) is 5.82 Å². The van der Waals surface area contributed by atoms with E-state index >= 15 is 0 Å². The summed E-state index contributed by atoms with van der Waals surface area (Å²) in [7, 11) is 0. The minimum Gasteiger partial charge on any atom is -0.346 e. The molecule has 0 fully saturated rings. The van der Waals surface area contributed by atoms with Gasteiger partial charge in [0.1, 0.15) is 17.4 Å². The molecule has 1 aliphatic heterocycles. The Hall–Kier alpha value is -3.92. The van der Waals surface area contributed by atoms with Crippen molar-refractivity contribution in [1.29, 1.82) is 5.26 Å². The van der Waals surface area contributed by atoms with Gasteiger partial charge in [0.2, 0.25) is 12.3 Å². The number of nitriles is 1. The SMILES string of the molecule is CC1CN(C(=O)C(C#N)Cc2ccccc2)CC=C1c1cc(NC=O)nc2[nH]ccc12. The molecule has 0 spiro atoms. The zero-order valence-electron chi connectivity index (χ0n) is 17.2. The van der Waals surface area contributed by atoms with Crippen molar-refractivity contribution in [2.24, 2.45) is 11.8 Å². The number of nitrogens with zero attached hydrogens (tertiary/aromatic N) is 3. The number of rotatable bonds is 6. The highest BCUT2D eigenvalue weighted by atomic mass is 16.2. The maximum absolute atomic E-state index is 13.0. The van der Waals surface area contributed by atoms with Crippen LogP contribution in [0.15, 0.2) is 54.7 Å². The lowest BCUT2D eigenvalue weighted by atomic mass is 9.88. The predicted octanol–water partition coefficient (Wildman–Crippen LogP) is 3.38. The van der Waals surface area contributed by atoms with Crippen LogP contribution in [0.3, 0.4) is 0 Å². The van der Waals surface area contributed by atoms with E-state index in [0.29, 0.717) is 37.4 Å². The van der Waals surface area contributed by atoms with Crippen LogP contribution in [-0.4, -0.2) is 40.3 Å². The molecule has 31 heavy (non-hydrogen) atoms. The van der Waals surface area contributed by atoms with E-state index in [1.54, 1.807) is 4.90 Å². The number of carbonyl (C=O) groups excluding carboxylic acids is 2. The summed E-state index contributed by atoms with van der Waals surface area (Å²) in [5.41, 5.74) is 3.75. The summed E-state index contributed by atoms with van der Waals surface area (Å²) in [5, 5.41) is 13.2. The Morgan fingerprint density at radius 3 is 2.90 bits per heavy atom. The fourth-order valence-corrected chi connectivity index (χ4v) is 4.14. The highest BCUT2D eigenvalue weighted by Crippen LogP contribution is 2.34. The number of benzene rings is 1. The molecule has 1 aromatic carbocycles. The number of carbonyl (C=O) groups is 2. The fraction of sp³-hybridized carbons (Fsp3) is 0.250. The van der Waals surface area contributed by atoms with E-state index in [2.05, 4.69) is 28.3 Å². The van der Waals surface area contributed by atoms with Crippen LogP contribution in [0.1, 0.15) is 18.1 Å². The molecule has 3 aromatic rings. The zero-order valence-corrected chi connectivity index (χ0v) is 17.2. The second-order valence-corrected chi connectivity index (χ2v) is 7.73. The van der Waals surface area contributed by atoms with Gasteiger partial charge in [0, 0.05) is 24.7 Å². The lowest BCUT2D eigenvalue weighted by Gasteiger charge is -2.33. The highest BCUT2D eigenvalue weighted by Gasteiger charge is 2.29. The predicted molar refractivity (Wildman–Crippen MR) is 119 cm³/mol. The molecular formula is C24H23N5O2. The van der Waals surface area contributed by atoms with E-state index in [4.69, 9.17) is 0 Å². The number of pyridine rings is 1. The third kappa shape index (κ3) is 4.19. The number of hydrogen-bond donors (Lipinski definition) is 2. The lowest BCUT2D eigenvalue weighted by molar-refractivity contribution is -0.133. The molecule has 2 aromatic heterocycles. The Kier molecular flexibility index (Phi) is 5.80. The molecule has 2 N–H and O–H groups in total. The topological polar surface area (TPSA) is 102 Å². The Balaban J connectivity index is 1.57. The number of aromatic amines is 1. The van der Waals surface area contributed by atoms with Crippen LogP contribution in [0, 0.1) is 23.2 Å². The Morgan fingerprint density at radius 1 is 1.39 bits per heavy atom. The molecule has 0 aliphatic carbocycles. The first-order chi connectivity index (χ1) is 15.1. The van der Waals surface area contributed by atoms with Gasteiger partial charge in [-0.3, -0.25) is 9.59 Å². The molecule has 4 rings (SSSR count). The summed E-state index contributed by atoms with van der Waals surface area (Å²) < 4.78 is 0. The van der Waals surface area contributed by atoms with Crippen molar-refractivity contribution in [3.05, 3.63) is 65.9 Å². The molecule has 0 radical (unpaired) electrons. The molecule has 0 bridgehead atoms. The van der Waals surface area contributed by atoms with Gasteiger partial charge in [-0.05, 0) is 41.2 Å². The fourth-order valence-electron chi connectivity index (χ4n) is 4.14. The number of H-pyrrole nitrogens is 1. The second-order valence-electron chi connectivity index (χ2n) is 7.73. The maximum Gasteiger partial charge on any atom is 0.240 e. The summed E-state index contributed by atoms with van der Waals surface area (Å²) in [4.78, 5) is 33.2. The van der Waals surface area contributed by atoms with Crippen LogP contribution >= 0.6 is 0 Å². The van der Waals surface area contributed by atoms with Gasteiger partial charge in [0.25, 0.3) is 0 Å². The van der Waals surface area contributed by atoms with Crippen molar-refractivity contribution in [2.75, 3.05) is 18.4 Å². The van der Waals surface area contributed by atoms with E-state index in [1.807, 2.05) is 54.7 Å². The van der Waals surface area contributed by atoms with Gasteiger partial charge >= 0.3 is 0 Å². The van der Waals surface area contributed by atoms with Crippen LogP contribution in [0.5, 0.6) is 0 Å². The van der Waals surface area contributed by atoms with Crippen molar-refractivity contribution in [3.8, 4) is 6.07 Å². The molecule has 2 atom stereocenters. The van der Waals surface area contributed by atoms with Crippen molar-refractivity contribution >= 4 is 34.7 Å². The minimum atomic E-state index is -0.703. The zero-order chi connectivity index (χ0) is 21.8. The van der Waals surface area contributed by atoms with Gasteiger partial charge in [0.05, 0.1) is 6.07 Å². The van der Waals surface area contributed by atoms with E-state index in [-0.39, 0.29) is 11.8 Å². The standard InChI is InChI=1S/C24H23N5O2/c1-16-14-29(24(31)18(13-25)11-17-5-3-2-4-6-17)10-8-19(16)21-12-22(27-15-30)28-23-20(21)7-9-26-23/h2-9,12,15-16,18H,10-11,14H2,1H3,(H2,26,27,28,30). The Bertz CT molecular complexity index is 1180. The van der Waals surface area contributed by atoms with Crippen molar-refractivity contribution in [1.82, 2.24) is 14.9 Å². The van der Waals surface area contributed by atoms with Crippen molar-refractivity contribution in [3.63, 3.8) is 0 Å². The van der Waals surface area contributed by atoms with E-state index in [0.717, 1.165) is 22.1 Å². The molecule has 2 amide bonds. The van der Waals surface area contributed by atoms with E-state index in [9.17, 15) is 14.9 Å². The average molecular weight is 413 g/mol. The smallest absolute Gasteiger partial charge is 0.240 e. The minimum absolute atomic E-state index is 0.0679. The van der Waals surface area contributed by atoms with Gasteiger partial charge < -0.3 is 15.2 Å². The molecule has 3 heterocycles. The highest BCUT2D eigenvalue weighted by molar-refractivity contribution is 5.94. The summed E-state index contributed by atoms with van der Waals surface area (Å²) in [6.07, 6.45) is 4.87. The molecule has 2 unspecified atom stereocenters. The molecular weight excluding hydrogens is 390 g/mol. The Morgan fingerprint density at radius 2 is 2.19 bits per heavy atom. The van der Waals surface area contributed by atoms with Crippen LogP contribution < -0.4 is 5.32 Å². The number of fused-ring (bicyclic) bond motifs is 1. The van der Waals surface area contributed by atoms with Crippen molar-refractivity contribution < 1.29 is 9.59 Å². The monoisotopic (exact) mass is 413 g/mol. The number of nitrogens with one attached hydrogen (secondary N) is 2. The van der Waals surface area contributed by atoms with Crippen LogP contribution in [0.25, 0.3) is 16.6 Å². The van der Waals surface area contributed by atoms with Gasteiger partial charge in [-0.25, -0.2) is 4.98 Å². The molecule has 156 valence electrons. The number of anilines is 1. The number of hydrogen-bond acceptors (Lipinski definition) is 4. The average Bonchev–Trinajstić information content (AvgIpc) is 3.26. The number of amides is 2. The van der Waals surface area contributed by atoms with Gasteiger partial charge in [-0.1, -0.05) is 43.3 Å². The van der Waals surface area contributed by atoms with Gasteiger partial charge in [-0.2, -0.15) is 5.26 Å². The third-order valence-electron chi connectivity index (χ3n) is 5.65. The first-order valence-corrected chi connectivity index (χ1v) is 10.2. The molecule has 1 aliphatic rings. The van der Waals surface area contributed by atoms with Gasteiger partial charge in [-0.15, -0.1) is 0 Å². The van der Waals surface area contributed by atoms with Crippen LogP contribution in [-0.2, 0) is 16.0 Å². The second kappa shape index (κ2) is 8.84. The first kappa shape index (κ1) is 20.4. The lowest BCUT2D eigenvalue weighted by Crippen LogP contribution is -2.41. The third-order valence-corrected chi connectivity index (χ3v) is 5.65. The molecule has 7 nitrogen and oxygen atoms in total.